The highest BCUT2D eigenvalue weighted by Crippen LogP contribution is 2.13. The van der Waals surface area contributed by atoms with Gasteiger partial charge in [0.2, 0.25) is 5.91 Å². The molecular weight excluding hydrogens is 248 g/mol. The quantitative estimate of drug-likeness (QED) is 0.831. The highest BCUT2D eigenvalue weighted by Gasteiger charge is 2.09. The SMILES string of the molecule is Cc1ccccc1NC(=O)Cc1n[nH]c(=S)n1C. The summed E-state index contributed by atoms with van der Waals surface area (Å²) in [5, 5.41) is 9.51. The summed E-state index contributed by atoms with van der Waals surface area (Å²) < 4.78 is 2.20. The summed E-state index contributed by atoms with van der Waals surface area (Å²) in [5.41, 5.74) is 1.85. The summed E-state index contributed by atoms with van der Waals surface area (Å²) >= 11 is 4.99. The first-order chi connectivity index (χ1) is 8.58. The van der Waals surface area contributed by atoms with Gasteiger partial charge in [-0.25, -0.2) is 0 Å². The second-order valence-corrected chi connectivity index (χ2v) is 4.43. The third kappa shape index (κ3) is 2.65. The van der Waals surface area contributed by atoms with E-state index in [9.17, 15) is 4.79 Å². The molecule has 1 aromatic carbocycles. The van der Waals surface area contributed by atoms with Crippen molar-refractivity contribution in [2.45, 2.75) is 13.3 Å². The molecule has 0 aliphatic heterocycles. The molecule has 0 aliphatic carbocycles. The van der Waals surface area contributed by atoms with Crippen LogP contribution in [0.25, 0.3) is 0 Å². The molecule has 5 nitrogen and oxygen atoms in total. The molecule has 6 heteroatoms. The van der Waals surface area contributed by atoms with Gasteiger partial charge in [-0.2, -0.15) is 5.10 Å². The molecule has 18 heavy (non-hydrogen) atoms. The summed E-state index contributed by atoms with van der Waals surface area (Å²) in [7, 11) is 1.78. The van der Waals surface area contributed by atoms with Crippen LogP contribution >= 0.6 is 12.2 Å². The molecule has 94 valence electrons. The second-order valence-electron chi connectivity index (χ2n) is 4.04. The Morgan fingerprint density at radius 3 is 2.83 bits per heavy atom. The van der Waals surface area contributed by atoms with Crippen molar-refractivity contribution >= 4 is 23.8 Å². The number of H-pyrrole nitrogens is 1. The van der Waals surface area contributed by atoms with Gasteiger partial charge in [-0.15, -0.1) is 0 Å². The molecule has 2 rings (SSSR count). The fourth-order valence-electron chi connectivity index (χ4n) is 1.59. The molecule has 0 atom stereocenters. The van der Waals surface area contributed by atoms with Gasteiger partial charge in [0.15, 0.2) is 4.77 Å². The Labute approximate surface area is 110 Å². The van der Waals surface area contributed by atoms with Crippen LogP contribution < -0.4 is 5.32 Å². The molecule has 1 amide bonds. The Morgan fingerprint density at radius 2 is 2.22 bits per heavy atom. The Morgan fingerprint density at radius 1 is 1.50 bits per heavy atom. The predicted octanol–water partition coefficient (Wildman–Crippen LogP) is 1.97. The van der Waals surface area contributed by atoms with Gasteiger partial charge in [-0.05, 0) is 30.8 Å². The highest BCUT2D eigenvalue weighted by molar-refractivity contribution is 7.71. The largest absolute Gasteiger partial charge is 0.325 e. The van der Waals surface area contributed by atoms with E-state index < -0.39 is 0 Å². The summed E-state index contributed by atoms with van der Waals surface area (Å²) in [5.74, 6) is 0.507. The zero-order valence-corrected chi connectivity index (χ0v) is 11.0. The third-order valence-corrected chi connectivity index (χ3v) is 3.08. The number of carbonyl (C=O) groups excluding carboxylic acids is 1. The normalized spacial score (nSPS) is 10.3. The number of benzene rings is 1. The van der Waals surface area contributed by atoms with Crippen LogP contribution in [0.15, 0.2) is 24.3 Å². The van der Waals surface area contributed by atoms with Crippen LogP contribution in [-0.2, 0) is 18.3 Å². The first-order valence-corrected chi connectivity index (χ1v) is 5.94. The van der Waals surface area contributed by atoms with E-state index in [1.165, 1.54) is 0 Å². The molecular formula is C12H14N4OS. The Bertz CT molecular complexity index is 629. The van der Waals surface area contributed by atoms with Gasteiger partial charge in [0.25, 0.3) is 0 Å². The molecule has 2 N–H and O–H groups in total. The van der Waals surface area contributed by atoms with Crippen LogP contribution in [0.3, 0.4) is 0 Å². The van der Waals surface area contributed by atoms with E-state index in [0.717, 1.165) is 11.3 Å². The number of para-hydroxylation sites is 1. The average Bonchev–Trinajstić information content (AvgIpc) is 2.64. The van der Waals surface area contributed by atoms with Gasteiger partial charge >= 0.3 is 0 Å². The standard InChI is InChI=1S/C12H14N4OS/c1-8-5-3-4-6-9(8)13-11(17)7-10-14-15-12(18)16(10)2/h3-6H,7H2,1-2H3,(H,13,17)(H,15,18). The number of nitrogens with zero attached hydrogens (tertiary/aromatic N) is 2. The van der Waals surface area contributed by atoms with Gasteiger partial charge in [0, 0.05) is 12.7 Å². The predicted molar refractivity (Wildman–Crippen MR) is 71.9 cm³/mol. The maximum atomic E-state index is 11.9. The maximum absolute atomic E-state index is 11.9. The van der Waals surface area contributed by atoms with Crippen LogP contribution in [0.4, 0.5) is 5.69 Å². The van der Waals surface area contributed by atoms with Crippen LogP contribution in [0.2, 0.25) is 0 Å². The van der Waals surface area contributed by atoms with Crippen molar-refractivity contribution in [3.8, 4) is 0 Å². The number of aromatic nitrogens is 3. The molecule has 1 aromatic heterocycles. The lowest BCUT2D eigenvalue weighted by molar-refractivity contribution is -0.115. The van der Waals surface area contributed by atoms with Crippen molar-refractivity contribution in [1.82, 2.24) is 14.8 Å². The van der Waals surface area contributed by atoms with Crippen LogP contribution in [0.1, 0.15) is 11.4 Å². The van der Waals surface area contributed by atoms with Crippen molar-refractivity contribution in [2.24, 2.45) is 7.05 Å². The second kappa shape index (κ2) is 5.14. The summed E-state index contributed by atoms with van der Waals surface area (Å²) in [6.45, 7) is 1.95. The molecule has 0 radical (unpaired) electrons. The number of hydrogen-bond donors (Lipinski definition) is 2. The first-order valence-electron chi connectivity index (χ1n) is 5.53. The van der Waals surface area contributed by atoms with Crippen molar-refractivity contribution in [3.63, 3.8) is 0 Å². The minimum absolute atomic E-state index is 0.110. The van der Waals surface area contributed by atoms with E-state index in [1.807, 2.05) is 31.2 Å². The summed E-state index contributed by atoms with van der Waals surface area (Å²) in [6.07, 6.45) is 0.192. The third-order valence-electron chi connectivity index (χ3n) is 2.71. The van der Waals surface area contributed by atoms with E-state index in [0.29, 0.717) is 10.6 Å². The van der Waals surface area contributed by atoms with Crippen LogP contribution in [0.5, 0.6) is 0 Å². The topological polar surface area (TPSA) is 62.7 Å². The van der Waals surface area contributed by atoms with Crippen molar-refractivity contribution in [3.05, 3.63) is 40.4 Å². The van der Waals surface area contributed by atoms with Crippen molar-refractivity contribution < 1.29 is 4.79 Å². The van der Waals surface area contributed by atoms with Gasteiger partial charge in [0.1, 0.15) is 5.82 Å². The van der Waals surface area contributed by atoms with Gasteiger partial charge in [-0.1, -0.05) is 18.2 Å². The highest BCUT2D eigenvalue weighted by atomic mass is 32.1. The Hall–Kier alpha value is -1.95. The molecule has 1 heterocycles. The summed E-state index contributed by atoms with van der Waals surface area (Å²) in [6, 6.07) is 7.64. The minimum Gasteiger partial charge on any atom is -0.325 e. The molecule has 0 aliphatic rings. The smallest absolute Gasteiger partial charge is 0.232 e. The van der Waals surface area contributed by atoms with E-state index >= 15 is 0 Å². The molecule has 0 fully saturated rings. The lowest BCUT2D eigenvalue weighted by Crippen LogP contribution is -2.17. The van der Waals surface area contributed by atoms with Crippen LogP contribution in [-0.4, -0.2) is 20.7 Å². The molecule has 0 spiro atoms. The zero-order valence-electron chi connectivity index (χ0n) is 10.2. The fourth-order valence-corrected chi connectivity index (χ4v) is 1.74. The number of hydrogen-bond acceptors (Lipinski definition) is 3. The number of carbonyl (C=O) groups is 1. The monoisotopic (exact) mass is 262 g/mol. The number of aryl methyl sites for hydroxylation is 1. The zero-order chi connectivity index (χ0) is 13.1. The summed E-state index contributed by atoms with van der Waals surface area (Å²) in [4.78, 5) is 11.9. The number of rotatable bonds is 3. The number of nitrogens with one attached hydrogen (secondary N) is 2. The first kappa shape index (κ1) is 12.5. The van der Waals surface area contributed by atoms with E-state index in [-0.39, 0.29) is 12.3 Å². The Balaban J connectivity index is 2.08. The minimum atomic E-state index is -0.110. The lowest BCUT2D eigenvalue weighted by Gasteiger charge is -2.07. The van der Waals surface area contributed by atoms with E-state index in [2.05, 4.69) is 15.5 Å². The maximum Gasteiger partial charge on any atom is 0.232 e. The number of aromatic amines is 1. The van der Waals surface area contributed by atoms with Gasteiger partial charge in [0.05, 0.1) is 6.42 Å². The van der Waals surface area contributed by atoms with E-state index in [1.54, 1.807) is 11.6 Å². The number of anilines is 1. The molecule has 0 saturated carbocycles. The van der Waals surface area contributed by atoms with Gasteiger partial charge < -0.3 is 9.88 Å². The van der Waals surface area contributed by atoms with Crippen LogP contribution in [0, 0.1) is 11.7 Å². The van der Waals surface area contributed by atoms with Crippen molar-refractivity contribution in [1.29, 1.82) is 0 Å². The number of amides is 1. The molecule has 0 saturated heterocycles. The molecule has 0 unspecified atom stereocenters. The average molecular weight is 262 g/mol. The molecule has 2 aromatic rings. The fraction of sp³-hybridized carbons (Fsp3) is 0.250. The Kier molecular flexibility index (Phi) is 3.57. The molecule has 0 bridgehead atoms. The lowest BCUT2D eigenvalue weighted by atomic mass is 10.2. The van der Waals surface area contributed by atoms with Crippen molar-refractivity contribution in [2.75, 3.05) is 5.32 Å². The van der Waals surface area contributed by atoms with E-state index in [4.69, 9.17) is 12.2 Å². The van der Waals surface area contributed by atoms with Gasteiger partial charge in [-0.3, -0.25) is 9.89 Å².